The van der Waals surface area contributed by atoms with E-state index in [-0.39, 0.29) is 19.1 Å². The van der Waals surface area contributed by atoms with Gasteiger partial charge in [0.15, 0.2) is 6.61 Å². The number of nitrogens with one attached hydrogen (secondary N) is 1. The smallest absolute Gasteiger partial charge is 0.262 e. The highest BCUT2D eigenvalue weighted by Crippen LogP contribution is 2.14. The number of nitrogens with zero attached hydrogens (tertiary/aromatic N) is 1. The fourth-order valence-electron chi connectivity index (χ4n) is 1.93. The van der Waals surface area contributed by atoms with E-state index in [0.29, 0.717) is 11.4 Å². The summed E-state index contributed by atoms with van der Waals surface area (Å²) in [5.41, 5.74) is 1.55. The van der Waals surface area contributed by atoms with Crippen LogP contribution in [-0.4, -0.2) is 38.5 Å². The molecule has 0 saturated carbocycles. The predicted octanol–water partition coefficient (Wildman–Crippen LogP) is 2.10. The van der Waals surface area contributed by atoms with Gasteiger partial charge < -0.3 is 10.1 Å². The molecule has 6 nitrogen and oxygen atoms in total. The SMILES string of the molecule is CN(Cc1ccc(OCC(=O)Nc2ccccc2)cc1)S(C)(=O)=O. The van der Waals surface area contributed by atoms with Crippen LogP contribution >= 0.6 is 0 Å². The number of benzene rings is 2. The number of hydrogen-bond donors (Lipinski definition) is 1. The van der Waals surface area contributed by atoms with Gasteiger partial charge in [-0.2, -0.15) is 0 Å². The first-order valence-electron chi connectivity index (χ1n) is 7.32. The second-order valence-electron chi connectivity index (χ2n) is 5.37. The van der Waals surface area contributed by atoms with Crippen LogP contribution in [0.15, 0.2) is 54.6 Å². The third-order valence-corrected chi connectivity index (χ3v) is 4.58. The van der Waals surface area contributed by atoms with Crippen molar-refractivity contribution in [3.8, 4) is 5.75 Å². The maximum absolute atomic E-state index is 11.8. The minimum absolute atomic E-state index is 0.0997. The highest BCUT2D eigenvalue weighted by Gasteiger charge is 2.11. The normalized spacial score (nSPS) is 11.3. The molecule has 0 atom stereocenters. The van der Waals surface area contributed by atoms with Gasteiger partial charge in [0.2, 0.25) is 10.0 Å². The summed E-state index contributed by atoms with van der Waals surface area (Å²) in [5, 5.41) is 2.73. The van der Waals surface area contributed by atoms with E-state index in [1.54, 1.807) is 36.4 Å². The molecule has 0 aliphatic heterocycles. The zero-order valence-electron chi connectivity index (χ0n) is 13.6. The Kier molecular flexibility index (Phi) is 5.94. The Balaban J connectivity index is 1.84. The summed E-state index contributed by atoms with van der Waals surface area (Å²) in [6.45, 7) is 0.186. The molecular weight excluding hydrogens is 328 g/mol. The molecule has 0 aromatic heterocycles. The summed E-state index contributed by atoms with van der Waals surface area (Å²) in [6, 6.07) is 16.1. The molecule has 24 heavy (non-hydrogen) atoms. The Hall–Kier alpha value is -2.38. The van der Waals surface area contributed by atoms with Gasteiger partial charge in [-0.25, -0.2) is 12.7 Å². The molecular formula is C17H20N2O4S. The van der Waals surface area contributed by atoms with E-state index in [9.17, 15) is 13.2 Å². The van der Waals surface area contributed by atoms with Crippen LogP contribution in [0.1, 0.15) is 5.56 Å². The molecule has 0 unspecified atom stereocenters. The molecule has 0 bridgehead atoms. The van der Waals surface area contributed by atoms with Gasteiger partial charge in [-0.3, -0.25) is 4.79 Å². The highest BCUT2D eigenvalue weighted by molar-refractivity contribution is 7.88. The molecule has 2 aromatic carbocycles. The number of para-hydroxylation sites is 1. The first-order valence-corrected chi connectivity index (χ1v) is 9.17. The average Bonchev–Trinajstić information content (AvgIpc) is 2.54. The molecule has 0 spiro atoms. The van der Waals surface area contributed by atoms with Crippen LogP contribution in [0.25, 0.3) is 0 Å². The fraction of sp³-hybridized carbons (Fsp3) is 0.235. The number of rotatable bonds is 7. The van der Waals surface area contributed by atoms with Crippen molar-refractivity contribution in [2.75, 3.05) is 25.2 Å². The van der Waals surface area contributed by atoms with Gasteiger partial charge in [-0.05, 0) is 29.8 Å². The lowest BCUT2D eigenvalue weighted by atomic mass is 10.2. The number of ether oxygens (including phenoxy) is 1. The second kappa shape index (κ2) is 7.94. The van der Waals surface area contributed by atoms with Crippen LogP contribution in [0, 0.1) is 0 Å². The van der Waals surface area contributed by atoms with E-state index >= 15 is 0 Å². The van der Waals surface area contributed by atoms with Crippen LogP contribution < -0.4 is 10.1 Å². The number of sulfonamides is 1. The summed E-state index contributed by atoms with van der Waals surface area (Å²) in [5.74, 6) is 0.297. The van der Waals surface area contributed by atoms with E-state index in [0.717, 1.165) is 11.8 Å². The summed E-state index contributed by atoms with van der Waals surface area (Å²) >= 11 is 0. The molecule has 0 fully saturated rings. The molecule has 0 saturated heterocycles. The average molecular weight is 348 g/mol. The molecule has 0 radical (unpaired) electrons. The molecule has 7 heteroatoms. The summed E-state index contributed by atoms with van der Waals surface area (Å²) in [7, 11) is -1.69. The predicted molar refractivity (Wildman–Crippen MR) is 93.3 cm³/mol. The quantitative estimate of drug-likeness (QED) is 0.831. The van der Waals surface area contributed by atoms with E-state index in [1.165, 1.54) is 11.4 Å². The van der Waals surface area contributed by atoms with Crippen molar-refractivity contribution in [2.24, 2.45) is 0 Å². The number of carbonyl (C=O) groups excluding carboxylic acids is 1. The van der Waals surface area contributed by atoms with Gasteiger partial charge in [-0.1, -0.05) is 30.3 Å². The van der Waals surface area contributed by atoms with Gasteiger partial charge in [0, 0.05) is 19.3 Å². The first-order chi connectivity index (χ1) is 11.3. The standard InChI is InChI=1S/C17H20N2O4S/c1-19(24(2,21)22)12-14-8-10-16(11-9-14)23-13-17(20)18-15-6-4-3-5-7-15/h3-11H,12-13H2,1-2H3,(H,18,20). The highest BCUT2D eigenvalue weighted by atomic mass is 32.2. The van der Waals surface area contributed by atoms with Crippen molar-refractivity contribution >= 4 is 21.6 Å². The monoisotopic (exact) mass is 348 g/mol. The molecule has 2 aromatic rings. The summed E-state index contributed by atoms with van der Waals surface area (Å²) < 4.78 is 29.5. The van der Waals surface area contributed by atoms with Crippen molar-refractivity contribution < 1.29 is 17.9 Å². The van der Waals surface area contributed by atoms with Crippen LogP contribution in [0.4, 0.5) is 5.69 Å². The maximum atomic E-state index is 11.8. The topological polar surface area (TPSA) is 75.7 Å². The molecule has 1 amide bonds. The van der Waals surface area contributed by atoms with Crippen molar-refractivity contribution in [1.29, 1.82) is 0 Å². The number of amides is 1. The Morgan fingerprint density at radius 2 is 1.71 bits per heavy atom. The van der Waals surface area contributed by atoms with Gasteiger partial charge >= 0.3 is 0 Å². The zero-order valence-corrected chi connectivity index (χ0v) is 14.4. The Bertz CT molecular complexity index is 774. The third-order valence-electron chi connectivity index (χ3n) is 3.32. The van der Waals surface area contributed by atoms with Gasteiger partial charge in [-0.15, -0.1) is 0 Å². The van der Waals surface area contributed by atoms with Crippen LogP contribution in [0.3, 0.4) is 0 Å². The molecule has 0 heterocycles. The molecule has 2 rings (SSSR count). The minimum atomic E-state index is -3.21. The second-order valence-corrected chi connectivity index (χ2v) is 7.46. The maximum Gasteiger partial charge on any atom is 0.262 e. The lowest BCUT2D eigenvalue weighted by molar-refractivity contribution is -0.118. The van der Waals surface area contributed by atoms with E-state index in [2.05, 4.69) is 5.32 Å². The van der Waals surface area contributed by atoms with Gasteiger partial charge in [0.25, 0.3) is 5.91 Å². The van der Waals surface area contributed by atoms with Crippen LogP contribution in [0.2, 0.25) is 0 Å². The zero-order chi connectivity index (χ0) is 17.6. The van der Waals surface area contributed by atoms with E-state index in [4.69, 9.17) is 4.74 Å². The molecule has 0 aliphatic rings. The summed E-state index contributed by atoms with van der Waals surface area (Å²) in [4.78, 5) is 11.8. The van der Waals surface area contributed by atoms with Crippen molar-refractivity contribution in [1.82, 2.24) is 4.31 Å². The van der Waals surface area contributed by atoms with Crippen molar-refractivity contribution in [3.63, 3.8) is 0 Å². The lowest BCUT2D eigenvalue weighted by Gasteiger charge is -2.14. The van der Waals surface area contributed by atoms with E-state index < -0.39 is 10.0 Å². The number of anilines is 1. The van der Waals surface area contributed by atoms with Crippen LogP contribution in [-0.2, 0) is 21.4 Å². The number of carbonyl (C=O) groups is 1. The van der Waals surface area contributed by atoms with Crippen LogP contribution in [0.5, 0.6) is 5.75 Å². The fourth-order valence-corrected chi connectivity index (χ4v) is 2.32. The third kappa shape index (κ3) is 5.68. The summed E-state index contributed by atoms with van der Waals surface area (Å²) in [6.07, 6.45) is 1.16. The lowest BCUT2D eigenvalue weighted by Crippen LogP contribution is -2.24. The van der Waals surface area contributed by atoms with Crippen molar-refractivity contribution in [2.45, 2.75) is 6.54 Å². The Labute approximate surface area is 142 Å². The Morgan fingerprint density at radius 1 is 1.08 bits per heavy atom. The number of hydrogen-bond acceptors (Lipinski definition) is 4. The van der Waals surface area contributed by atoms with E-state index in [1.807, 2.05) is 18.2 Å². The first kappa shape index (κ1) is 18.0. The molecule has 128 valence electrons. The van der Waals surface area contributed by atoms with Gasteiger partial charge in [0.05, 0.1) is 6.26 Å². The van der Waals surface area contributed by atoms with Gasteiger partial charge in [0.1, 0.15) is 5.75 Å². The van der Waals surface area contributed by atoms with Crippen molar-refractivity contribution in [3.05, 3.63) is 60.2 Å². The molecule has 1 N–H and O–H groups in total. The largest absolute Gasteiger partial charge is 0.484 e. The Morgan fingerprint density at radius 3 is 2.29 bits per heavy atom. The minimum Gasteiger partial charge on any atom is -0.484 e. The molecule has 0 aliphatic carbocycles.